The number of hydrogen-bond donors (Lipinski definition) is 1. The molecule has 3 fully saturated rings. The highest BCUT2D eigenvalue weighted by Gasteiger charge is 2.80. The minimum atomic E-state index is -2.27. The van der Waals surface area contributed by atoms with E-state index in [9.17, 15) is 29.8 Å². The van der Waals surface area contributed by atoms with Crippen LogP contribution in [0, 0.1) is 26.1 Å². The Bertz CT molecular complexity index is 984. The number of rotatable bonds is 6. The molecule has 31 heavy (non-hydrogen) atoms. The molecule has 4 atom stereocenters. The van der Waals surface area contributed by atoms with Crippen LogP contribution in [0.2, 0.25) is 0 Å². The monoisotopic (exact) mass is 434 g/mol. The topological polar surface area (TPSA) is 154 Å². The molecule has 0 radical (unpaired) electrons. The van der Waals surface area contributed by atoms with Gasteiger partial charge in [-0.05, 0) is 17.7 Å². The molecule has 1 N–H and O–H groups in total. The molecule has 1 aromatic carbocycles. The van der Waals surface area contributed by atoms with Gasteiger partial charge in [0.2, 0.25) is 0 Å². The van der Waals surface area contributed by atoms with Gasteiger partial charge in [-0.2, -0.15) is 0 Å². The van der Waals surface area contributed by atoms with Gasteiger partial charge in [-0.1, -0.05) is 6.07 Å². The highest BCUT2D eigenvalue weighted by atomic mass is 16.6. The smallest absolute Gasteiger partial charge is 0.321 e. The molecule has 1 aliphatic carbocycles. The molecule has 3 aliphatic rings. The van der Waals surface area contributed by atoms with Crippen molar-refractivity contribution in [2.24, 2.45) is 5.92 Å². The molecule has 1 amide bonds. The summed E-state index contributed by atoms with van der Waals surface area (Å²) in [6.07, 6.45) is -0.558. The number of ketones is 1. The van der Waals surface area contributed by atoms with Gasteiger partial charge in [0.05, 0.1) is 27.3 Å². The zero-order valence-electron chi connectivity index (χ0n) is 17.0. The summed E-state index contributed by atoms with van der Waals surface area (Å²) in [5.74, 6) is -1.53. The third-order valence-corrected chi connectivity index (χ3v) is 6.81. The number of ether oxygens (including phenoxy) is 2. The van der Waals surface area contributed by atoms with E-state index >= 15 is 0 Å². The second-order valence-electron chi connectivity index (χ2n) is 8.29. The van der Waals surface area contributed by atoms with Gasteiger partial charge >= 0.3 is 5.54 Å². The van der Waals surface area contributed by atoms with E-state index in [2.05, 4.69) is 5.32 Å². The maximum atomic E-state index is 12.9. The maximum absolute atomic E-state index is 12.9. The van der Waals surface area contributed by atoms with Crippen LogP contribution < -0.4 is 14.8 Å². The van der Waals surface area contributed by atoms with E-state index in [0.29, 0.717) is 17.1 Å². The molecular weight excluding hydrogens is 412 g/mol. The predicted molar refractivity (Wildman–Crippen MR) is 104 cm³/mol. The van der Waals surface area contributed by atoms with E-state index in [-0.39, 0.29) is 38.3 Å². The van der Waals surface area contributed by atoms with E-state index < -0.39 is 38.8 Å². The number of amides is 1. The average Bonchev–Trinajstić information content (AvgIpc) is 2.71. The number of nitro groups is 2. The number of methoxy groups -OCH3 is 2. The van der Waals surface area contributed by atoms with Crippen molar-refractivity contribution >= 4 is 11.7 Å². The zero-order chi connectivity index (χ0) is 22.6. The summed E-state index contributed by atoms with van der Waals surface area (Å²) >= 11 is 0. The molecule has 4 bridgehead atoms. The SMILES string of the molecule is COc1ccc(CN2CC3([N+](=O)[O-])C(=O)NC4CC(=O)CC3C4([N+](=O)[O-])C2)cc1OC. The summed E-state index contributed by atoms with van der Waals surface area (Å²) in [7, 11) is 2.96. The molecule has 0 spiro atoms. The number of Topliss-reactive ketones (excluding diaryl/α,β-unsaturated/α-hetero) is 1. The number of carbonyl (C=O) groups excluding carboxylic acids is 2. The first kappa shape index (κ1) is 21.0. The molecule has 1 aromatic rings. The lowest BCUT2D eigenvalue weighted by Crippen LogP contribution is -2.86. The van der Waals surface area contributed by atoms with Gasteiger partial charge in [-0.3, -0.25) is 34.7 Å². The molecule has 2 saturated heterocycles. The van der Waals surface area contributed by atoms with E-state index in [1.807, 2.05) is 0 Å². The van der Waals surface area contributed by atoms with Crippen LogP contribution in [0.5, 0.6) is 11.5 Å². The zero-order valence-corrected chi connectivity index (χ0v) is 17.0. The Morgan fingerprint density at radius 3 is 2.42 bits per heavy atom. The number of carbonyl (C=O) groups is 2. The lowest BCUT2D eigenvalue weighted by molar-refractivity contribution is -0.642. The largest absolute Gasteiger partial charge is 0.493 e. The molecule has 2 heterocycles. The Morgan fingerprint density at radius 1 is 1.10 bits per heavy atom. The molecule has 0 aromatic heterocycles. The van der Waals surface area contributed by atoms with Crippen molar-refractivity contribution in [3.8, 4) is 11.5 Å². The predicted octanol–water partition coefficient (Wildman–Crippen LogP) is 0.0279. The van der Waals surface area contributed by atoms with E-state index in [1.165, 1.54) is 14.2 Å². The molecule has 166 valence electrons. The van der Waals surface area contributed by atoms with Gasteiger partial charge in [0, 0.05) is 29.2 Å². The summed E-state index contributed by atoms with van der Waals surface area (Å²) in [6, 6.07) is 4.01. The summed E-state index contributed by atoms with van der Waals surface area (Å²) in [6.45, 7) is -0.320. The fourth-order valence-electron chi connectivity index (χ4n) is 5.42. The summed E-state index contributed by atoms with van der Waals surface area (Å²) in [5, 5.41) is 27.0. The molecule has 12 heteroatoms. The van der Waals surface area contributed by atoms with Crippen LogP contribution in [-0.2, 0) is 16.1 Å². The summed E-state index contributed by atoms with van der Waals surface area (Å²) < 4.78 is 10.5. The van der Waals surface area contributed by atoms with Crippen molar-refractivity contribution in [1.82, 2.24) is 10.2 Å². The van der Waals surface area contributed by atoms with Crippen LogP contribution >= 0.6 is 0 Å². The lowest BCUT2D eigenvalue weighted by atomic mass is 9.56. The highest BCUT2D eigenvalue weighted by Crippen LogP contribution is 2.50. The molecule has 4 rings (SSSR count). The Balaban J connectivity index is 1.77. The van der Waals surface area contributed by atoms with Crippen LogP contribution in [0.1, 0.15) is 18.4 Å². The van der Waals surface area contributed by atoms with Gasteiger partial charge in [-0.15, -0.1) is 0 Å². The fourth-order valence-corrected chi connectivity index (χ4v) is 5.42. The van der Waals surface area contributed by atoms with Crippen LogP contribution in [0.3, 0.4) is 0 Å². The van der Waals surface area contributed by atoms with Crippen LogP contribution in [0.25, 0.3) is 0 Å². The van der Waals surface area contributed by atoms with Crippen molar-refractivity contribution in [2.75, 3.05) is 27.3 Å². The van der Waals surface area contributed by atoms with Gasteiger partial charge in [0.25, 0.3) is 11.4 Å². The second-order valence-corrected chi connectivity index (χ2v) is 8.29. The Morgan fingerprint density at radius 2 is 1.81 bits per heavy atom. The molecule has 1 saturated carbocycles. The standard InChI is InChI=1S/C19H22N4O8/c1-30-13-4-3-11(5-14(13)31-2)8-21-9-18(22(26)27)15-6-12(24)7-16(18)20-17(25)19(15,10-21)23(28)29/h3-5,15-16H,6-10H2,1-2H3,(H,20,25). The fraction of sp³-hybridized carbons (Fsp3) is 0.579. The van der Waals surface area contributed by atoms with Crippen molar-refractivity contribution in [1.29, 1.82) is 0 Å². The van der Waals surface area contributed by atoms with E-state index in [0.717, 1.165) is 0 Å². The number of nitrogens with one attached hydrogen (secondary N) is 1. The average molecular weight is 434 g/mol. The second kappa shape index (κ2) is 7.15. The third kappa shape index (κ3) is 2.85. The van der Waals surface area contributed by atoms with Crippen molar-refractivity contribution in [3.63, 3.8) is 0 Å². The summed E-state index contributed by atoms with van der Waals surface area (Å²) in [5.41, 5.74) is -3.39. The normalized spacial score (nSPS) is 32.2. The first-order chi connectivity index (χ1) is 14.7. The number of hydrogen-bond acceptors (Lipinski definition) is 9. The minimum absolute atomic E-state index is 0.118. The Hall–Kier alpha value is -3.28. The summed E-state index contributed by atoms with van der Waals surface area (Å²) in [4.78, 5) is 49.9. The van der Waals surface area contributed by atoms with Crippen LogP contribution in [0.15, 0.2) is 18.2 Å². The molecule has 4 unspecified atom stereocenters. The first-order valence-electron chi connectivity index (χ1n) is 9.74. The lowest BCUT2D eigenvalue weighted by Gasteiger charge is -2.55. The Labute approximate surface area is 176 Å². The van der Waals surface area contributed by atoms with Gasteiger partial charge in [0.15, 0.2) is 11.5 Å². The van der Waals surface area contributed by atoms with Crippen LogP contribution in [-0.4, -0.2) is 70.9 Å². The van der Waals surface area contributed by atoms with Crippen molar-refractivity contribution < 1.29 is 28.9 Å². The molecule has 2 aliphatic heterocycles. The third-order valence-electron chi connectivity index (χ3n) is 6.81. The number of benzene rings is 1. The molecule has 12 nitrogen and oxygen atoms in total. The van der Waals surface area contributed by atoms with Gasteiger partial charge in [0.1, 0.15) is 17.7 Å². The minimum Gasteiger partial charge on any atom is -0.493 e. The first-order valence-corrected chi connectivity index (χ1v) is 9.74. The number of nitrogens with zero attached hydrogens (tertiary/aromatic N) is 3. The number of piperidine rings is 2. The van der Waals surface area contributed by atoms with Crippen molar-refractivity contribution in [2.45, 2.75) is 36.5 Å². The van der Waals surface area contributed by atoms with E-state index in [1.54, 1.807) is 23.1 Å². The van der Waals surface area contributed by atoms with Gasteiger partial charge < -0.3 is 14.8 Å². The van der Waals surface area contributed by atoms with E-state index in [4.69, 9.17) is 9.47 Å². The van der Waals surface area contributed by atoms with Gasteiger partial charge in [-0.25, -0.2) is 0 Å². The van der Waals surface area contributed by atoms with Crippen LogP contribution in [0.4, 0.5) is 0 Å². The Kier molecular flexibility index (Phi) is 4.84. The quantitative estimate of drug-likeness (QED) is 0.482. The highest BCUT2D eigenvalue weighted by molar-refractivity contribution is 5.92. The molecular formula is C19H22N4O8. The number of likely N-dealkylation sites (tertiary alicyclic amines) is 1. The maximum Gasteiger partial charge on any atom is 0.321 e. The van der Waals surface area contributed by atoms with Crippen molar-refractivity contribution in [3.05, 3.63) is 44.0 Å².